The summed E-state index contributed by atoms with van der Waals surface area (Å²) in [4.78, 5) is 5.23. The Morgan fingerprint density at radius 1 is 0.535 bits per heavy atom. The van der Waals surface area contributed by atoms with Gasteiger partial charge in [0.05, 0.1) is 11.2 Å². The fraction of sp³-hybridized carbons (Fsp3) is 0.0488. The van der Waals surface area contributed by atoms with Crippen LogP contribution >= 0.6 is 0 Å². The van der Waals surface area contributed by atoms with Crippen molar-refractivity contribution in [3.63, 3.8) is 0 Å². The highest BCUT2D eigenvalue weighted by molar-refractivity contribution is 5.99. The largest absolute Gasteiger partial charge is 0.378 e. The normalized spacial score (nSPS) is 14.0. The summed E-state index contributed by atoms with van der Waals surface area (Å²) in [5.74, 6) is 0. The first-order valence-electron chi connectivity index (χ1n) is 14.9. The van der Waals surface area contributed by atoms with Gasteiger partial charge in [-0.05, 0) is 69.3 Å². The second-order valence-corrected chi connectivity index (χ2v) is 11.4. The highest BCUT2D eigenvalue weighted by Crippen LogP contribution is 2.38. The molecule has 2 nitrogen and oxygen atoms in total. The molecule has 0 fully saturated rings. The van der Waals surface area contributed by atoms with Gasteiger partial charge in [-0.1, -0.05) is 133 Å². The number of anilines is 1. The average Bonchev–Trinajstić information content (AvgIpc) is 3.07. The Kier molecular flexibility index (Phi) is 6.12. The van der Waals surface area contributed by atoms with Gasteiger partial charge in [-0.15, -0.1) is 0 Å². The summed E-state index contributed by atoms with van der Waals surface area (Å²) in [6, 6.07) is 50.4. The predicted molar refractivity (Wildman–Crippen MR) is 183 cm³/mol. The molecule has 0 saturated heterocycles. The Morgan fingerprint density at radius 2 is 1.26 bits per heavy atom. The minimum absolute atomic E-state index is 0.311. The molecule has 2 heteroatoms. The van der Waals surface area contributed by atoms with E-state index in [0.717, 1.165) is 22.2 Å². The second kappa shape index (κ2) is 10.4. The van der Waals surface area contributed by atoms with Gasteiger partial charge in [0.2, 0.25) is 0 Å². The van der Waals surface area contributed by atoms with E-state index >= 15 is 0 Å². The summed E-state index contributed by atoms with van der Waals surface area (Å²) in [6.45, 7) is 2.18. The lowest BCUT2D eigenvalue weighted by atomic mass is 9.93. The number of benzene rings is 6. The number of rotatable bonds is 4. The summed E-state index contributed by atoms with van der Waals surface area (Å²) in [7, 11) is 0. The van der Waals surface area contributed by atoms with Crippen molar-refractivity contribution in [3.8, 4) is 44.6 Å². The van der Waals surface area contributed by atoms with Crippen LogP contribution in [0.3, 0.4) is 0 Å². The van der Waals surface area contributed by atoms with Crippen molar-refractivity contribution < 1.29 is 0 Å². The van der Waals surface area contributed by atoms with Gasteiger partial charge in [-0.3, -0.25) is 0 Å². The summed E-state index contributed by atoms with van der Waals surface area (Å²) in [5.41, 5.74) is 12.7. The number of hydrogen-bond donors (Lipinski definition) is 1. The maximum absolute atomic E-state index is 5.23. The summed E-state index contributed by atoms with van der Waals surface area (Å²) >= 11 is 0. The molecule has 0 bridgehead atoms. The Balaban J connectivity index is 1.27. The monoisotopic (exact) mass is 550 g/mol. The lowest BCUT2D eigenvalue weighted by Crippen LogP contribution is -2.16. The van der Waals surface area contributed by atoms with Gasteiger partial charge in [0.15, 0.2) is 0 Å². The summed E-state index contributed by atoms with van der Waals surface area (Å²) in [6.07, 6.45) is 4.43. The van der Waals surface area contributed by atoms with Crippen LogP contribution in [0.25, 0.3) is 72.4 Å². The van der Waals surface area contributed by atoms with E-state index in [1.165, 1.54) is 55.4 Å². The fourth-order valence-corrected chi connectivity index (χ4v) is 6.24. The van der Waals surface area contributed by atoms with Crippen molar-refractivity contribution in [3.05, 3.63) is 151 Å². The van der Waals surface area contributed by atoms with E-state index in [9.17, 15) is 0 Å². The van der Waals surface area contributed by atoms with E-state index in [4.69, 9.17) is 4.98 Å². The molecule has 8 rings (SSSR count). The first-order valence-corrected chi connectivity index (χ1v) is 14.9. The van der Waals surface area contributed by atoms with Gasteiger partial charge in [-0.2, -0.15) is 0 Å². The van der Waals surface area contributed by atoms with Gasteiger partial charge >= 0.3 is 0 Å². The molecular formula is C41H30N2. The minimum atomic E-state index is 0.311. The first-order chi connectivity index (χ1) is 21.2. The molecule has 2 heterocycles. The number of fused-ring (bicyclic) bond motifs is 3. The number of para-hydroxylation sites is 1. The molecule has 0 unspecified atom stereocenters. The molecule has 1 aromatic heterocycles. The molecule has 1 N–H and O–H groups in total. The zero-order chi connectivity index (χ0) is 28.8. The van der Waals surface area contributed by atoms with Crippen LogP contribution in [0.2, 0.25) is 0 Å². The molecule has 0 radical (unpaired) electrons. The highest BCUT2D eigenvalue weighted by Gasteiger charge is 2.15. The third kappa shape index (κ3) is 4.67. The molecule has 1 aliphatic heterocycles. The zero-order valence-electron chi connectivity index (χ0n) is 24.0. The zero-order valence-corrected chi connectivity index (χ0v) is 24.0. The molecule has 1 atom stereocenters. The third-order valence-electron chi connectivity index (χ3n) is 8.50. The van der Waals surface area contributed by atoms with Crippen LogP contribution in [-0.4, -0.2) is 11.0 Å². The van der Waals surface area contributed by atoms with Gasteiger partial charge in [0, 0.05) is 28.2 Å². The van der Waals surface area contributed by atoms with Crippen LogP contribution in [-0.2, 0) is 0 Å². The Morgan fingerprint density at radius 3 is 2.09 bits per heavy atom. The number of hydrogen-bond acceptors (Lipinski definition) is 2. The van der Waals surface area contributed by atoms with Crippen LogP contribution in [0.1, 0.15) is 12.5 Å². The Labute approximate surface area is 252 Å². The van der Waals surface area contributed by atoms with Crippen molar-refractivity contribution in [2.45, 2.75) is 13.0 Å². The van der Waals surface area contributed by atoms with E-state index in [0.29, 0.717) is 6.04 Å². The number of pyridine rings is 1. The molecule has 7 aromatic rings. The summed E-state index contributed by atoms with van der Waals surface area (Å²) in [5, 5.41) is 7.26. The third-order valence-corrected chi connectivity index (χ3v) is 8.50. The minimum Gasteiger partial charge on any atom is -0.378 e. The quantitative estimate of drug-likeness (QED) is 0.236. The Bertz CT molecular complexity index is 2160. The van der Waals surface area contributed by atoms with Crippen LogP contribution < -0.4 is 5.32 Å². The molecule has 43 heavy (non-hydrogen) atoms. The molecule has 6 aromatic carbocycles. The smallest absolute Gasteiger partial charge is 0.0721 e. The second-order valence-electron chi connectivity index (χ2n) is 11.4. The van der Waals surface area contributed by atoms with Crippen LogP contribution in [0, 0.1) is 0 Å². The standard InChI is InChI=1S/C41H30N2/c1-27-14-15-32-12-7-13-36(41(32)42-27)30-17-19-31(20-18-30)38-26-39(35-21-16-29-10-5-6-11-33(29)24-35)43-40-25-34(22-23-37(38)40)28-8-3-2-4-9-28/h2-27,42H,1H3/t27-/m0/s1. The van der Waals surface area contributed by atoms with Crippen LogP contribution in [0.5, 0.6) is 0 Å². The van der Waals surface area contributed by atoms with Crippen LogP contribution in [0.15, 0.2) is 146 Å². The molecule has 0 aliphatic carbocycles. The molecule has 0 spiro atoms. The SMILES string of the molecule is C[C@H]1C=Cc2cccc(-c3ccc(-c4cc(-c5ccc6ccccc6c5)nc5cc(-c6ccccc6)ccc45)cc3)c2N1. The van der Waals surface area contributed by atoms with Crippen molar-refractivity contribution in [2.24, 2.45) is 0 Å². The van der Waals surface area contributed by atoms with E-state index in [1.807, 2.05) is 0 Å². The first kappa shape index (κ1) is 25.3. The topological polar surface area (TPSA) is 24.9 Å². The van der Waals surface area contributed by atoms with Gasteiger partial charge < -0.3 is 5.32 Å². The lowest BCUT2D eigenvalue weighted by molar-refractivity contribution is 0.993. The molecule has 204 valence electrons. The Hall–Kier alpha value is -5.47. The van der Waals surface area contributed by atoms with Crippen molar-refractivity contribution in [1.82, 2.24) is 4.98 Å². The predicted octanol–water partition coefficient (Wildman–Crippen LogP) is 10.9. The summed E-state index contributed by atoms with van der Waals surface area (Å²) < 4.78 is 0. The van der Waals surface area contributed by atoms with E-state index in [1.54, 1.807) is 0 Å². The van der Waals surface area contributed by atoms with E-state index in [2.05, 4.69) is 164 Å². The molecule has 1 aliphatic rings. The molecular weight excluding hydrogens is 520 g/mol. The highest BCUT2D eigenvalue weighted by atomic mass is 14.9. The number of nitrogens with zero attached hydrogens (tertiary/aromatic N) is 1. The number of nitrogens with one attached hydrogen (secondary N) is 1. The van der Waals surface area contributed by atoms with Crippen molar-refractivity contribution in [2.75, 3.05) is 5.32 Å². The molecule has 0 saturated carbocycles. The average molecular weight is 551 g/mol. The van der Waals surface area contributed by atoms with Crippen LogP contribution in [0.4, 0.5) is 5.69 Å². The van der Waals surface area contributed by atoms with E-state index in [-0.39, 0.29) is 0 Å². The maximum Gasteiger partial charge on any atom is 0.0721 e. The van der Waals surface area contributed by atoms with Gasteiger partial charge in [-0.25, -0.2) is 4.98 Å². The molecule has 0 amide bonds. The maximum atomic E-state index is 5.23. The van der Waals surface area contributed by atoms with Crippen molar-refractivity contribution in [1.29, 1.82) is 0 Å². The van der Waals surface area contributed by atoms with Gasteiger partial charge in [0.25, 0.3) is 0 Å². The van der Waals surface area contributed by atoms with E-state index < -0.39 is 0 Å². The van der Waals surface area contributed by atoms with Gasteiger partial charge in [0.1, 0.15) is 0 Å². The van der Waals surface area contributed by atoms with Crippen molar-refractivity contribution >= 4 is 33.4 Å². The fourth-order valence-electron chi connectivity index (χ4n) is 6.24. The lowest BCUT2D eigenvalue weighted by Gasteiger charge is -2.22. The number of aromatic nitrogens is 1.